The Hall–Kier alpha value is -2.56. The number of rotatable bonds is 5. The number of carbonyl (C=O) groups is 1. The first-order valence-electron chi connectivity index (χ1n) is 7.09. The standard InChI is InChI=1S/C18H16F3NO/c19-18(20,21)12-11-15(17(22)23)16(13-7-3-1-4-8-13)14-9-5-2-6-10-14/h1-10H,11-12H2,(H2,22,23). The highest BCUT2D eigenvalue weighted by atomic mass is 19.4. The lowest BCUT2D eigenvalue weighted by atomic mass is 9.90. The molecule has 0 heterocycles. The van der Waals surface area contributed by atoms with Crippen molar-refractivity contribution in [3.8, 4) is 0 Å². The molecule has 2 nitrogen and oxygen atoms in total. The van der Waals surface area contributed by atoms with Crippen molar-refractivity contribution in [2.75, 3.05) is 0 Å². The molecule has 1 amide bonds. The summed E-state index contributed by atoms with van der Waals surface area (Å²) in [6.45, 7) is 0. The van der Waals surface area contributed by atoms with Gasteiger partial charge in [-0.25, -0.2) is 0 Å². The minimum Gasteiger partial charge on any atom is -0.366 e. The predicted octanol–water partition coefficient (Wildman–Crippen LogP) is 4.32. The quantitative estimate of drug-likeness (QED) is 0.820. The SMILES string of the molecule is NC(=O)C(CCC(F)(F)F)=C(c1ccccc1)c1ccccc1. The molecule has 0 radical (unpaired) electrons. The van der Waals surface area contributed by atoms with E-state index in [4.69, 9.17) is 5.73 Å². The van der Waals surface area contributed by atoms with Crippen molar-refractivity contribution in [1.82, 2.24) is 0 Å². The van der Waals surface area contributed by atoms with Crippen LogP contribution in [0.15, 0.2) is 66.2 Å². The van der Waals surface area contributed by atoms with E-state index in [2.05, 4.69) is 0 Å². The number of carbonyl (C=O) groups excluding carboxylic acids is 1. The second-order valence-corrected chi connectivity index (χ2v) is 5.07. The Bertz CT molecular complexity index is 650. The molecule has 0 aliphatic rings. The van der Waals surface area contributed by atoms with E-state index >= 15 is 0 Å². The summed E-state index contributed by atoms with van der Waals surface area (Å²) >= 11 is 0. The average molecular weight is 319 g/mol. The number of nitrogens with two attached hydrogens (primary N) is 1. The maximum absolute atomic E-state index is 12.6. The van der Waals surface area contributed by atoms with Crippen molar-refractivity contribution >= 4 is 11.5 Å². The highest BCUT2D eigenvalue weighted by Crippen LogP contribution is 2.32. The molecule has 0 saturated carbocycles. The predicted molar refractivity (Wildman–Crippen MR) is 83.4 cm³/mol. The molecule has 0 aliphatic carbocycles. The maximum Gasteiger partial charge on any atom is 0.389 e. The molecule has 0 bridgehead atoms. The van der Waals surface area contributed by atoms with Crippen LogP contribution in [-0.2, 0) is 4.79 Å². The van der Waals surface area contributed by atoms with E-state index in [-0.39, 0.29) is 5.57 Å². The largest absolute Gasteiger partial charge is 0.389 e. The number of alkyl halides is 3. The van der Waals surface area contributed by atoms with E-state index in [9.17, 15) is 18.0 Å². The molecule has 2 aromatic carbocycles. The molecular weight excluding hydrogens is 303 g/mol. The normalized spacial score (nSPS) is 11.1. The van der Waals surface area contributed by atoms with E-state index in [0.29, 0.717) is 16.7 Å². The second kappa shape index (κ2) is 7.13. The van der Waals surface area contributed by atoms with Crippen LogP contribution in [0, 0.1) is 0 Å². The summed E-state index contributed by atoms with van der Waals surface area (Å²) in [7, 11) is 0. The van der Waals surface area contributed by atoms with Crippen LogP contribution in [0.25, 0.3) is 5.57 Å². The Kier molecular flexibility index (Phi) is 5.21. The van der Waals surface area contributed by atoms with Gasteiger partial charge in [0.2, 0.25) is 5.91 Å². The van der Waals surface area contributed by atoms with E-state index < -0.39 is 24.9 Å². The number of primary amides is 1. The lowest BCUT2D eigenvalue weighted by Gasteiger charge is -2.15. The van der Waals surface area contributed by atoms with Gasteiger partial charge in [-0.05, 0) is 23.1 Å². The summed E-state index contributed by atoms with van der Waals surface area (Å²) in [5, 5.41) is 0. The zero-order valence-corrected chi connectivity index (χ0v) is 12.3. The molecule has 0 atom stereocenters. The fourth-order valence-electron chi connectivity index (χ4n) is 2.36. The highest BCUT2D eigenvalue weighted by Gasteiger charge is 2.29. The number of amides is 1. The van der Waals surface area contributed by atoms with Gasteiger partial charge in [-0.3, -0.25) is 4.79 Å². The van der Waals surface area contributed by atoms with Crippen LogP contribution in [0.4, 0.5) is 13.2 Å². The molecule has 23 heavy (non-hydrogen) atoms. The Morgan fingerprint density at radius 3 is 1.65 bits per heavy atom. The van der Waals surface area contributed by atoms with Crippen molar-refractivity contribution in [3.05, 3.63) is 77.4 Å². The first kappa shape index (κ1) is 16.8. The number of benzene rings is 2. The smallest absolute Gasteiger partial charge is 0.366 e. The number of hydrogen-bond acceptors (Lipinski definition) is 1. The monoisotopic (exact) mass is 319 g/mol. The van der Waals surface area contributed by atoms with E-state index in [1.165, 1.54) is 0 Å². The third kappa shape index (κ3) is 4.71. The van der Waals surface area contributed by atoms with Crippen molar-refractivity contribution in [2.45, 2.75) is 19.0 Å². The second-order valence-electron chi connectivity index (χ2n) is 5.07. The van der Waals surface area contributed by atoms with E-state index in [1.807, 2.05) is 0 Å². The van der Waals surface area contributed by atoms with Gasteiger partial charge in [0, 0.05) is 12.0 Å². The number of hydrogen-bond donors (Lipinski definition) is 1. The van der Waals surface area contributed by atoms with Crippen LogP contribution in [0.3, 0.4) is 0 Å². The Morgan fingerprint density at radius 1 is 0.870 bits per heavy atom. The molecule has 0 aromatic heterocycles. The molecule has 2 N–H and O–H groups in total. The zero-order valence-electron chi connectivity index (χ0n) is 12.3. The van der Waals surface area contributed by atoms with Gasteiger partial charge in [0.1, 0.15) is 0 Å². The zero-order chi connectivity index (χ0) is 16.9. The molecule has 0 aliphatic heterocycles. The van der Waals surface area contributed by atoms with Gasteiger partial charge in [0.25, 0.3) is 0 Å². The van der Waals surface area contributed by atoms with E-state index in [0.717, 1.165) is 0 Å². The van der Waals surface area contributed by atoms with Gasteiger partial charge in [-0.1, -0.05) is 60.7 Å². The number of halogens is 3. The molecule has 0 fully saturated rings. The van der Waals surface area contributed by atoms with Gasteiger partial charge in [-0.15, -0.1) is 0 Å². The molecule has 0 spiro atoms. The third-order valence-electron chi connectivity index (χ3n) is 3.38. The summed E-state index contributed by atoms with van der Waals surface area (Å²) in [4.78, 5) is 11.8. The van der Waals surface area contributed by atoms with Crippen LogP contribution in [0.2, 0.25) is 0 Å². The van der Waals surface area contributed by atoms with Gasteiger partial charge in [0.05, 0.1) is 0 Å². The van der Waals surface area contributed by atoms with Crippen molar-refractivity contribution in [2.24, 2.45) is 5.73 Å². The summed E-state index contributed by atoms with van der Waals surface area (Å²) in [6.07, 6.45) is -5.88. The summed E-state index contributed by atoms with van der Waals surface area (Å²) in [5.41, 5.74) is 7.13. The topological polar surface area (TPSA) is 43.1 Å². The van der Waals surface area contributed by atoms with Crippen LogP contribution in [0.5, 0.6) is 0 Å². The minimum absolute atomic E-state index is 0.0141. The van der Waals surface area contributed by atoms with Gasteiger partial charge < -0.3 is 5.73 Å². The third-order valence-corrected chi connectivity index (χ3v) is 3.38. The summed E-state index contributed by atoms with van der Waals surface area (Å²) in [5.74, 6) is -0.836. The lowest BCUT2D eigenvalue weighted by molar-refractivity contribution is -0.134. The molecule has 2 rings (SSSR count). The van der Waals surface area contributed by atoms with Crippen LogP contribution in [0.1, 0.15) is 24.0 Å². The molecule has 120 valence electrons. The Morgan fingerprint density at radius 2 is 1.30 bits per heavy atom. The summed E-state index contributed by atoms with van der Waals surface area (Å²) < 4.78 is 37.7. The molecule has 5 heteroatoms. The van der Waals surface area contributed by atoms with E-state index in [1.54, 1.807) is 60.7 Å². The van der Waals surface area contributed by atoms with Gasteiger partial charge >= 0.3 is 6.18 Å². The average Bonchev–Trinajstić information content (AvgIpc) is 2.52. The lowest BCUT2D eigenvalue weighted by Crippen LogP contribution is -2.18. The molecule has 2 aromatic rings. The minimum atomic E-state index is -4.35. The fraction of sp³-hybridized carbons (Fsp3) is 0.167. The van der Waals surface area contributed by atoms with Gasteiger partial charge in [0.15, 0.2) is 0 Å². The van der Waals surface area contributed by atoms with Gasteiger partial charge in [-0.2, -0.15) is 13.2 Å². The van der Waals surface area contributed by atoms with Crippen LogP contribution < -0.4 is 5.73 Å². The summed E-state index contributed by atoms with van der Waals surface area (Å²) in [6, 6.07) is 17.6. The molecular formula is C18H16F3NO. The highest BCUT2D eigenvalue weighted by molar-refractivity contribution is 6.03. The van der Waals surface area contributed by atoms with Crippen molar-refractivity contribution in [1.29, 1.82) is 0 Å². The molecule has 0 saturated heterocycles. The first-order valence-corrected chi connectivity index (χ1v) is 7.09. The molecule has 0 unspecified atom stereocenters. The van der Waals surface area contributed by atoms with Crippen LogP contribution in [-0.4, -0.2) is 12.1 Å². The maximum atomic E-state index is 12.6. The Balaban J connectivity index is 2.58. The first-order chi connectivity index (χ1) is 10.9. The Labute approximate surface area is 132 Å². The van der Waals surface area contributed by atoms with Crippen LogP contribution >= 0.6 is 0 Å². The fourth-order valence-corrected chi connectivity index (χ4v) is 2.36. The van der Waals surface area contributed by atoms with Crippen molar-refractivity contribution in [3.63, 3.8) is 0 Å². The van der Waals surface area contributed by atoms with Crippen molar-refractivity contribution < 1.29 is 18.0 Å².